The van der Waals surface area contributed by atoms with Crippen LogP contribution in [0.25, 0.3) is 0 Å². The molecule has 2 N–H and O–H groups in total. The number of likely N-dealkylation sites (tertiary alicyclic amines) is 1. The second-order valence-electron chi connectivity index (χ2n) is 7.64. The first-order chi connectivity index (χ1) is 13.6. The lowest BCUT2D eigenvalue weighted by molar-refractivity contribution is -0.134. The molecule has 0 spiro atoms. The Balaban J connectivity index is 1.51. The van der Waals surface area contributed by atoms with Crippen molar-refractivity contribution in [3.05, 3.63) is 34.6 Å². The van der Waals surface area contributed by atoms with Gasteiger partial charge in [0.15, 0.2) is 5.96 Å². The summed E-state index contributed by atoms with van der Waals surface area (Å²) >= 11 is 6.09. The van der Waals surface area contributed by atoms with Crippen LogP contribution < -0.4 is 10.6 Å². The number of benzene rings is 1. The summed E-state index contributed by atoms with van der Waals surface area (Å²) in [5, 5.41) is 7.15. The summed E-state index contributed by atoms with van der Waals surface area (Å²) < 4.78 is 13.2. The third-order valence-corrected chi connectivity index (χ3v) is 5.91. The molecule has 3 rings (SSSR count). The van der Waals surface area contributed by atoms with Crippen molar-refractivity contribution < 1.29 is 9.18 Å². The molecule has 2 aliphatic rings. The number of carbonyl (C=O) groups excluding carboxylic acids is 1. The topological polar surface area (TPSA) is 56.7 Å². The van der Waals surface area contributed by atoms with Crippen LogP contribution in [0.2, 0.25) is 5.02 Å². The molecule has 7 heteroatoms. The largest absolute Gasteiger partial charge is 0.357 e. The van der Waals surface area contributed by atoms with Crippen LogP contribution in [0.5, 0.6) is 0 Å². The van der Waals surface area contributed by atoms with E-state index in [2.05, 4.69) is 15.6 Å². The highest BCUT2D eigenvalue weighted by Gasteiger charge is 2.32. The predicted molar refractivity (Wildman–Crippen MR) is 111 cm³/mol. The zero-order valence-corrected chi connectivity index (χ0v) is 17.3. The van der Waals surface area contributed by atoms with E-state index in [1.165, 1.54) is 25.0 Å². The number of nitrogens with one attached hydrogen (secondary N) is 2. The van der Waals surface area contributed by atoms with E-state index in [-0.39, 0.29) is 17.8 Å². The maximum atomic E-state index is 13.2. The van der Waals surface area contributed by atoms with Gasteiger partial charge < -0.3 is 15.5 Å². The molecular weight excluding hydrogens is 379 g/mol. The van der Waals surface area contributed by atoms with Crippen LogP contribution in [0.1, 0.15) is 44.6 Å². The van der Waals surface area contributed by atoms with E-state index in [1.54, 1.807) is 6.07 Å². The molecule has 1 heterocycles. The van der Waals surface area contributed by atoms with Crippen LogP contribution in [0.15, 0.2) is 23.2 Å². The second-order valence-corrected chi connectivity index (χ2v) is 8.05. The number of guanidine groups is 1. The Morgan fingerprint density at radius 2 is 2.11 bits per heavy atom. The molecule has 1 aliphatic heterocycles. The standard InChI is InChI=1S/C21H30ClFN4O/c1-2-24-21(25-11-9-15-7-8-17(23)13-19(15)22)26-18-10-12-27(14-18)20(28)16-5-3-4-6-16/h7-8,13,16,18H,2-6,9-12,14H2,1H3,(H2,24,25,26). The fourth-order valence-electron chi connectivity index (χ4n) is 4.04. The number of carbonyl (C=O) groups is 1. The minimum Gasteiger partial charge on any atom is -0.357 e. The van der Waals surface area contributed by atoms with Gasteiger partial charge in [0.05, 0.1) is 0 Å². The molecule has 154 valence electrons. The molecule has 1 saturated carbocycles. The summed E-state index contributed by atoms with van der Waals surface area (Å²) in [5.41, 5.74) is 0.886. The molecule has 0 radical (unpaired) electrons. The molecular formula is C21H30ClFN4O. The Kier molecular flexibility index (Phi) is 7.54. The highest BCUT2D eigenvalue weighted by molar-refractivity contribution is 6.31. The highest BCUT2D eigenvalue weighted by atomic mass is 35.5. The molecule has 1 unspecified atom stereocenters. The summed E-state index contributed by atoms with van der Waals surface area (Å²) in [6, 6.07) is 4.68. The third kappa shape index (κ3) is 5.60. The van der Waals surface area contributed by atoms with Gasteiger partial charge in [0, 0.05) is 43.2 Å². The Labute approximate surface area is 171 Å². The zero-order valence-electron chi connectivity index (χ0n) is 16.5. The van der Waals surface area contributed by atoms with Crippen molar-refractivity contribution in [1.82, 2.24) is 15.5 Å². The Hall–Kier alpha value is -1.82. The molecule has 1 aromatic carbocycles. The van der Waals surface area contributed by atoms with Crippen LogP contribution in [0.3, 0.4) is 0 Å². The van der Waals surface area contributed by atoms with Crippen molar-refractivity contribution in [1.29, 1.82) is 0 Å². The summed E-state index contributed by atoms with van der Waals surface area (Å²) in [4.78, 5) is 19.2. The Morgan fingerprint density at radius 3 is 2.82 bits per heavy atom. The van der Waals surface area contributed by atoms with Crippen molar-refractivity contribution >= 4 is 23.5 Å². The lowest BCUT2D eigenvalue weighted by atomic mass is 10.1. The quantitative estimate of drug-likeness (QED) is 0.560. The molecule has 1 atom stereocenters. The highest BCUT2D eigenvalue weighted by Crippen LogP contribution is 2.27. The average molecular weight is 409 g/mol. The molecule has 5 nitrogen and oxygen atoms in total. The fourth-order valence-corrected chi connectivity index (χ4v) is 4.30. The van der Waals surface area contributed by atoms with Gasteiger partial charge in [-0.25, -0.2) is 4.39 Å². The van der Waals surface area contributed by atoms with Crippen molar-refractivity contribution in [2.24, 2.45) is 10.9 Å². The molecule has 1 amide bonds. The molecule has 28 heavy (non-hydrogen) atoms. The van der Waals surface area contributed by atoms with Gasteiger partial charge in [-0.2, -0.15) is 0 Å². The van der Waals surface area contributed by atoms with Crippen LogP contribution in [0, 0.1) is 11.7 Å². The first kappa shape index (κ1) is 20.9. The summed E-state index contributed by atoms with van der Waals surface area (Å²) in [6.07, 6.45) is 6.04. The Bertz CT molecular complexity index is 706. The van der Waals surface area contributed by atoms with Gasteiger partial charge in [0.1, 0.15) is 5.82 Å². The van der Waals surface area contributed by atoms with Gasteiger partial charge in [-0.1, -0.05) is 30.5 Å². The zero-order chi connectivity index (χ0) is 19.9. The maximum absolute atomic E-state index is 13.2. The minimum absolute atomic E-state index is 0.220. The van der Waals surface area contributed by atoms with E-state index in [1.807, 2.05) is 11.8 Å². The van der Waals surface area contributed by atoms with Gasteiger partial charge in [0.25, 0.3) is 0 Å². The van der Waals surface area contributed by atoms with Crippen LogP contribution in [-0.4, -0.2) is 49.0 Å². The van der Waals surface area contributed by atoms with Crippen molar-refractivity contribution in [2.75, 3.05) is 26.2 Å². The molecule has 1 aromatic rings. The number of halogens is 2. The molecule has 0 bridgehead atoms. The van der Waals surface area contributed by atoms with Gasteiger partial charge in [-0.15, -0.1) is 0 Å². The summed E-state index contributed by atoms with van der Waals surface area (Å²) in [6.45, 7) is 4.90. The van der Waals surface area contributed by atoms with E-state index < -0.39 is 0 Å². The van der Waals surface area contributed by atoms with E-state index in [9.17, 15) is 9.18 Å². The molecule has 1 saturated heterocycles. The van der Waals surface area contributed by atoms with Crippen LogP contribution in [-0.2, 0) is 11.2 Å². The number of nitrogens with zero attached hydrogens (tertiary/aromatic N) is 2. The van der Waals surface area contributed by atoms with Crippen molar-refractivity contribution in [3.63, 3.8) is 0 Å². The number of amides is 1. The minimum atomic E-state index is -0.329. The lowest BCUT2D eigenvalue weighted by Gasteiger charge is -2.21. The summed E-state index contributed by atoms with van der Waals surface area (Å²) in [5.74, 6) is 0.988. The molecule has 1 aliphatic carbocycles. The monoisotopic (exact) mass is 408 g/mol. The SMILES string of the molecule is CCNC(=NCCc1ccc(F)cc1Cl)NC1CCN(C(=O)C2CCCC2)C1. The summed E-state index contributed by atoms with van der Waals surface area (Å²) in [7, 11) is 0. The Morgan fingerprint density at radius 1 is 1.32 bits per heavy atom. The maximum Gasteiger partial charge on any atom is 0.225 e. The van der Waals surface area contributed by atoms with E-state index in [4.69, 9.17) is 11.6 Å². The van der Waals surface area contributed by atoms with Crippen LogP contribution in [0.4, 0.5) is 4.39 Å². The second kappa shape index (κ2) is 10.1. The van der Waals surface area contributed by atoms with E-state index in [0.29, 0.717) is 23.9 Å². The van der Waals surface area contributed by atoms with E-state index >= 15 is 0 Å². The third-order valence-electron chi connectivity index (χ3n) is 5.56. The number of rotatable bonds is 6. The van der Waals surface area contributed by atoms with Crippen molar-refractivity contribution in [2.45, 2.75) is 51.5 Å². The molecule has 0 aromatic heterocycles. The van der Waals surface area contributed by atoms with E-state index in [0.717, 1.165) is 50.4 Å². The lowest BCUT2D eigenvalue weighted by Crippen LogP contribution is -2.45. The predicted octanol–water partition coefficient (Wildman–Crippen LogP) is 3.37. The fraction of sp³-hybridized carbons (Fsp3) is 0.619. The van der Waals surface area contributed by atoms with Gasteiger partial charge in [-0.3, -0.25) is 9.79 Å². The van der Waals surface area contributed by atoms with Gasteiger partial charge in [-0.05, 0) is 50.3 Å². The molecule has 2 fully saturated rings. The average Bonchev–Trinajstić information content (AvgIpc) is 3.35. The van der Waals surface area contributed by atoms with Gasteiger partial charge in [0.2, 0.25) is 5.91 Å². The number of hydrogen-bond donors (Lipinski definition) is 2. The van der Waals surface area contributed by atoms with Crippen LogP contribution >= 0.6 is 11.6 Å². The number of hydrogen-bond acceptors (Lipinski definition) is 2. The first-order valence-electron chi connectivity index (χ1n) is 10.3. The normalized spacial score (nSPS) is 20.6. The smallest absolute Gasteiger partial charge is 0.225 e. The van der Waals surface area contributed by atoms with Crippen molar-refractivity contribution in [3.8, 4) is 0 Å². The van der Waals surface area contributed by atoms with Gasteiger partial charge >= 0.3 is 0 Å². The first-order valence-corrected chi connectivity index (χ1v) is 10.7. The number of aliphatic imine (C=N–C) groups is 1.